The molecular formula is C20H20FN5O3S. The number of fused-ring (bicyclic) bond motifs is 2. The summed E-state index contributed by atoms with van der Waals surface area (Å²) in [6.07, 6.45) is 1.41. The van der Waals surface area contributed by atoms with E-state index in [0.29, 0.717) is 19.6 Å². The zero-order valence-electron chi connectivity index (χ0n) is 16.2. The van der Waals surface area contributed by atoms with Gasteiger partial charge in [0.15, 0.2) is 0 Å². The number of pyridine rings is 1. The molecule has 5 rings (SSSR count). The Morgan fingerprint density at radius 3 is 2.67 bits per heavy atom. The maximum atomic E-state index is 13.2. The summed E-state index contributed by atoms with van der Waals surface area (Å²) < 4.78 is 20.8. The number of ether oxygens (including phenoxy) is 1. The molecule has 30 heavy (non-hydrogen) atoms. The third kappa shape index (κ3) is 3.63. The molecule has 4 heterocycles. The first-order chi connectivity index (χ1) is 13.9. The molecule has 2 aromatic heterocycles. The summed E-state index contributed by atoms with van der Waals surface area (Å²) in [5.41, 5.74) is 3.35. The standard InChI is InChI=1S/C20H18FN5O3.H2S/c1-20(12-25-10-18(26(27)28)23-19(25)29-20)11-24-8-14-4-7-16(22-17(14)9-24)13-2-5-15(21)6-3-13;/h2-7,10H,8-9,11-12H2,1H3;1H2/t20-;/m0./s1. The van der Waals surface area contributed by atoms with E-state index in [2.05, 4.69) is 16.0 Å². The average molecular weight is 429 g/mol. The van der Waals surface area contributed by atoms with Crippen LogP contribution in [0, 0.1) is 15.9 Å². The lowest BCUT2D eigenvalue weighted by Gasteiger charge is -2.27. The smallest absolute Gasteiger partial charge is 0.415 e. The molecule has 0 bridgehead atoms. The molecule has 0 N–H and O–H groups in total. The van der Waals surface area contributed by atoms with Crippen molar-refractivity contribution in [1.82, 2.24) is 19.4 Å². The van der Waals surface area contributed by atoms with E-state index in [4.69, 9.17) is 9.72 Å². The van der Waals surface area contributed by atoms with Crippen molar-refractivity contribution in [2.45, 2.75) is 32.2 Å². The van der Waals surface area contributed by atoms with Gasteiger partial charge in [-0.05, 0) is 47.7 Å². The van der Waals surface area contributed by atoms with Crippen molar-refractivity contribution in [2.75, 3.05) is 6.54 Å². The topological polar surface area (TPSA) is 86.3 Å². The second kappa shape index (κ2) is 7.37. The van der Waals surface area contributed by atoms with Gasteiger partial charge in [0, 0.05) is 30.2 Å². The molecular weight excluding hydrogens is 409 g/mol. The van der Waals surface area contributed by atoms with Crippen molar-refractivity contribution in [2.24, 2.45) is 0 Å². The highest BCUT2D eigenvalue weighted by atomic mass is 32.1. The molecule has 0 fully saturated rings. The van der Waals surface area contributed by atoms with Gasteiger partial charge in [-0.3, -0.25) is 14.5 Å². The van der Waals surface area contributed by atoms with Gasteiger partial charge in [0.1, 0.15) is 17.6 Å². The van der Waals surface area contributed by atoms with Crippen LogP contribution in [0.5, 0.6) is 6.01 Å². The van der Waals surface area contributed by atoms with Crippen LogP contribution in [0.4, 0.5) is 10.2 Å². The SMILES string of the molecule is C[C@]1(CN2Cc3ccc(-c4ccc(F)cc4)nc3C2)Cn2cc([N+](=O)[O-])nc2O1.S. The monoisotopic (exact) mass is 429 g/mol. The van der Waals surface area contributed by atoms with Crippen LogP contribution < -0.4 is 4.74 Å². The number of aromatic nitrogens is 3. The first-order valence-corrected chi connectivity index (χ1v) is 9.26. The van der Waals surface area contributed by atoms with Gasteiger partial charge in [0.2, 0.25) is 0 Å². The number of halogens is 1. The second-order valence-corrected chi connectivity index (χ2v) is 7.77. The predicted molar refractivity (Wildman–Crippen MR) is 112 cm³/mol. The molecule has 10 heteroatoms. The molecule has 0 amide bonds. The van der Waals surface area contributed by atoms with Gasteiger partial charge in [-0.2, -0.15) is 13.5 Å². The van der Waals surface area contributed by atoms with Crippen molar-refractivity contribution >= 4 is 19.3 Å². The van der Waals surface area contributed by atoms with Crippen molar-refractivity contribution in [3.05, 3.63) is 69.8 Å². The highest BCUT2D eigenvalue weighted by Gasteiger charge is 2.42. The Labute approximate surface area is 178 Å². The Morgan fingerprint density at radius 2 is 1.97 bits per heavy atom. The van der Waals surface area contributed by atoms with Crippen LogP contribution in [0.15, 0.2) is 42.6 Å². The van der Waals surface area contributed by atoms with Crippen LogP contribution in [0.2, 0.25) is 0 Å². The molecule has 0 aliphatic carbocycles. The normalized spacial score (nSPS) is 19.7. The number of hydrogen-bond acceptors (Lipinski definition) is 6. The Balaban J connectivity index is 0.00000218. The largest absolute Gasteiger partial charge is 0.436 e. The summed E-state index contributed by atoms with van der Waals surface area (Å²) in [5.74, 6) is -0.468. The minimum absolute atomic E-state index is 0. The van der Waals surface area contributed by atoms with E-state index in [0.717, 1.165) is 29.1 Å². The lowest BCUT2D eigenvalue weighted by atomic mass is 10.1. The number of nitrogens with zero attached hydrogens (tertiary/aromatic N) is 5. The van der Waals surface area contributed by atoms with Gasteiger partial charge >= 0.3 is 11.8 Å². The molecule has 1 atom stereocenters. The van der Waals surface area contributed by atoms with E-state index in [1.165, 1.54) is 18.3 Å². The highest BCUT2D eigenvalue weighted by Crippen LogP contribution is 2.33. The molecule has 8 nitrogen and oxygen atoms in total. The molecule has 3 aromatic rings. The van der Waals surface area contributed by atoms with Gasteiger partial charge in [-0.15, -0.1) is 0 Å². The Hall–Kier alpha value is -2.98. The second-order valence-electron chi connectivity index (χ2n) is 7.77. The number of hydrogen-bond donors (Lipinski definition) is 0. The maximum absolute atomic E-state index is 13.2. The highest BCUT2D eigenvalue weighted by molar-refractivity contribution is 7.59. The minimum atomic E-state index is -0.520. The summed E-state index contributed by atoms with van der Waals surface area (Å²) in [5, 5.41) is 10.9. The average Bonchev–Trinajstić information content (AvgIpc) is 3.32. The van der Waals surface area contributed by atoms with Crippen LogP contribution in [-0.4, -0.2) is 36.5 Å². The number of imidazole rings is 1. The molecule has 0 unspecified atom stereocenters. The molecule has 156 valence electrons. The van der Waals surface area contributed by atoms with Gasteiger partial charge in [0.25, 0.3) is 0 Å². The third-order valence-corrected chi connectivity index (χ3v) is 5.29. The quantitative estimate of drug-likeness (QED) is 0.467. The number of rotatable bonds is 4. The van der Waals surface area contributed by atoms with Crippen LogP contribution in [0.3, 0.4) is 0 Å². The van der Waals surface area contributed by atoms with Gasteiger partial charge in [-0.25, -0.2) is 4.39 Å². The van der Waals surface area contributed by atoms with Crippen LogP contribution in [0.1, 0.15) is 18.2 Å². The van der Waals surface area contributed by atoms with E-state index in [9.17, 15) is 14.5 Å². The molecule has 1 aromatic carbocycles. The Kier molecular flexibility index (Phi) is 4.99. The van der Waals surface area contributed by atoms with Crippen molar-refractivity contribution in [3.8, 4) is 17.3 Å². The first-order valence-electron chi connectivity index (χ1n) is 9.26. The lowest BCUT2D eigenvalue weighted by Crippen LogP contribution is -2.43. The maximum Gasteiger partial charge on any atom is 0.415 e. The molecule has 0 saturated carbocycles. The van der Waals surface area contributed by atoms with Crippen LogP contribution in [0.25, 0.3) is 11.3 Å². The van der Waals surface area contributed by atoms with Gasteiger partial charge in [0.05, 0.1) is 17.9 Å². The van der Waals surface area contributed by atoms with E-state index in [1.807, 2.05) is 13.0 Å². The number of nitro groups is 1. The molecule has 2 aliphatic heterocycles. The molecule has 0 radical (unpaired) electrons. The van der Waals surface area contributed by atoms with E-state index < -0.39 is 10.5 Å². The van der Waals surface area contributed by atoms with Crippen molar-refractivity contribution in [1.29, 1.82) is 0 Å². The predicted octanol–water partition coefficient (Wildman–Crippen LogP) is 3.27. The lowest BCUT2D eigenvalue weighted by molar-refractivity contribution is -0.389. The van der Waals surface area contributed by atoms with E-state index in [-0.39, 0.29) is 31.1 Å². The van der Waals surface area contributed by atoms with Crippen molar-refractivity contribution < 1.29 is 14.1 Å². The van der Waals surface area contributed by atoms with Gasteiger partial charge in [-0.1, -0.05) is 6.07 Å². The summed E-state index contributed by atoms with van der Waals surface area (Å²) in [6.45, 7) is 4.57. The third-order valence-electron chi connectivity index (χ3n) is 5.29. The summed E-state index contributed by atoms with van der Waals surface area (Å²) in [6, 6.07) is 10.6. The fraction of sp³-hybridized carbons (Fsp3) is 0.300. The first kappa shape index (κ1) is 20.3. The fourth-order valence-corrected chi connectivity index (χ4v) is 4.05. The fourth-order valence-electron chi connectivity index (χ4n) is 4.05. The summed E-state index contributed by atoms with van der Waals surface area (Å²) >= 11 is 0. The summed E-state index contributed by atoms with van der Waals surface area (Å²) in [7, 11) is 0. The number of benzene rings is 1. The zero-order valence-corrected chi connectivity index (χ0v) is 17.2. The van der Waals surface area contributed by atoms with Crippen molar-refractivity contribution in [3.63, 3.8) is 0 Å². The molecule has 0 saturated heterocycles. The Morgan fingerprint density at radius 1 is 1.20 bits per heavy atom. The van der Waals surface area contributed by atoms with E-state index in [1.54, 1.807) is 16.7 Å². The van der Waals surface area contributed by atoms with Gasteiger partial charge < -0.3 is 14.9 Å². The molecule has 0 spiro atoms. The molecule has 2 aliphatic rings. The summed E-state index contributed by atoms with van der Waals surface area (Å²) in [4.78, 5) is 21.3. The van der Waals surface area contributed by atoms with Crippen LogP contribution >= 0.6 is 13.5 Å². The zero-order chi connectivity index (χ0) is 20.2. The van der Waals surface area contributed by atoms with E-state index >= 15 is 0 Å². The minimum Gasteiger partial charge on any atom is -0.436 e. The Bertz CT molecular complexity index is 1090. The van der Waals surface area contributed by atoms with Crippen LogP contribution in [-0.2, 0) is 19.6 Å².